The number of benzene rings is 3. The van der Waals surface area contributed by atoms with Gasteiger partial charge in [0.25, 0.3) is 0 Å². The molecule has 0 aliphatic rings. The molecule has 3 nitrogen and oxygen atoms in total. The summed E-state index contributed by atoms with van der Waals surface area (Å²) in [6.45, 7) is 1.96. The first kappa shape index (κ1) is 13.6. The van der Waals surface area contributed by atoms with Crippen molar-refractivity contribution in [2.24, 2.45) is 0 Å². The molecule has 1 aromatic heterocycles. The summed E-state index contributed by atoms with van der Waals surface area (Å²) in [5, 5.41) is 17.2. The Labute approximate surface area is 134 Å². The van der Waals surface area contributed by atoms with E-state index in [1.807, 2.05) is 84.4 Å². The van der Waals surface area contributed by atoms with Gasteiger partial charge in [-0.2, -0.15) is 5.10 Å². The molecule has 0 radical (unpaired) electrons. The van der Waals surface area contributed by atoms with Crippen LogP contribution in [-0.4, -0.2) is 14.9 Å². The summed E-state index contributed by atoms with van der Waals surface area (Å²) in [6, 6.07) is 23.8. The van der Waals surface area contributed by atoms with Crippen molar-refractivity contribution in [1.82, 2.24) is 9.78 Å². The molecule has 0 fully saturated rings. The Balaban J connectivity index is 1.97. The highest BCUT2D eigenvalue weighted by Crippen LogP contribution is 2.36. The van der Waals surface area contributed by atoms with Crippen molar-refractivity contribution in [3.63, 3.8) is 0 Å². The summed E-state index contributed by atoms with van der Waals surface area (Å²) in [5.74, 6) is 0.292. The fourth-order valence-electron chi connectivity index (χ4n) is 2.92. The molecule has 4 aromatic rings. The molecule has 3 heteroatoms. The summed E-state index contributed by atoms with van der Waals surface area (Å²) < 4.78 is 1.87. The molecule has 0 spiro atoms. The Hall–Kier alpha value is -3.07. The highest BCUT2D eigenvalue weighted by Gasteiger charge is 2.15. The van der Waals surface area contributed by atoms with Gasteiger partial charge in [0.2, 0.25) is 0 Å². The molecule has 0 bridgehead atoms. The Morgan fingerprint density at radius 1 is 0.870 bits per heavy atom. The third kappa shape index (κ3) is 2.27. The van der Waals surface area contributed by atoms with Crippen LogP contribution in [0, 0.1) is 6.92 Å². The highest BCUT2D eigenvalue weighted by molar-refractivity contribution is 5.94. The first-order valence-electron chi connectivity index (χ1n) is 7.57. The van der Waals surface area contributed by atoms with E-state index in [9.17, 15) is 5.11 Å². The van der Waals surface area contributed by atoms with Crippen LogP contribution >= 0.6 is 0 Å². The molecule has 0 saturated carbocycles. The Bertz CT molecular complexity index is 987. The fourth-order valence-corrected chi connectivity index (χ4v) is 2.92. The molecule has 0 amide bonds. The fraction of sp³-hybridized carbons (Fsp3) is 0.0500. The van der Waals surface area contributed by atoms with Gasteiger partial charge in [0.1, 0.15) is 5.75 Å². The molecule has 4 rings (SSSR count). The standard InChI is InChI=1S/C20H16N2O/c1-14-13-19(22(21-14)16-8-3-2-4-9-16)18-12-11-15-7-5-6-10-17(15)20(18)23/h2-13,23H,1H3. The molecule has 1 heterocycles. The van der Waals surface area contributed by atoms with E-state index in [1.165, 1.54) is 0 Å². The van der Waals surface area contributed by atoms with E-state index in [-0.39, 0.29) is 0 Å². The number of phenols is 1. The number of aromatic hydroxyl groups is 1. The van der Waals surface area contributed by atoms with Crippen molar-refractivity contribution in [3.8, 4) is 22.7 Å². The van der Waals surface area contributed by atoms with Crippen LogP contribution in [0.4, 0.5) is 0 Å². The minimum Gasteiger partial charge on any atom is -0.507 e. The van der Waals surface area contributed by atoms with Gasteiger partial charge in [-0.3, -0.25) is 0 Å². The van der Waals surface area contributed by atoms with Gasteiger partial charge in [-0.15, -0.1) is 0 Å². The lowest BCUT2D eigenvalue weighted by Crippen LogP contribution is -1.99. The topological polar surface area (TPSA) is 38.0 Å². The third-order valence-electron chi connectivity index (χ3n) is 4.01. The van der Waals surface area contributed by atoms with E-state index in [0.29, 0.717) is 5.75 Å². The van der Waals surface area contributed by atoms with E-state index >= 15 is 0 Å². The number of phenolic OH excluding ortho intramolecular Hbond substituents is 1. The summed E-state index contributed by atoms with van der Waals surface area (Å²) >= 11 is 0. The quantitative estimate of drug-likeness (QED) is 0.582. The average molecular weight is 300 g/mol. The van der Waals surface area contributed by atoms with Crippen LogP contribution in [0.2, 0.25) is 0 Å². The van der Waals surface area contributed by atoms with E-state index in [4.69, 9.17) is 0 Å². The summed E-state index contributed by atoms with van der Waals surface area (Å²) in [6.07, 6.45) is 0. The number of aromatic nitrogens is 2. The van der Waals surface area contributed by atoms with Gasteiger partial charge < -0.3 is 5.11 Å². The molecule has 23 heavy (non-hydrogen) atoms. The number of hydrogen-bond acceptors (Lipinski definition) is 2. The lowest BCUT2D eigenvalue weighted by atomic mass is 10.0. The van der Waals surface area contributed by atoms with Gasteiger partial charge in [-0.05, 0) is 36.6 Å². The average Bonchev–Trinajstić information content (AvgIpc) is 2.98. The van der Waals surface area contributed by atoms with Crippen molar-refractivity contribution < 1.29 is 5.11 Å². The molecule has 0 atom stereocenters. The molecule has 0 aliphatic heterocycles. The minimum absolute atomic E-state index is 0.292. The normalized spacial score (nSPS) is 11.0. The van der Waals surface area contributed by atoms with Crippen LogP contribution in [0.5, 0.6) is 5.75 Å². The van der Waals surface area contributed by atoms with E-state index in [2.05, 4.69) is 5.10 Å². The summed E-state index contributed by atoms with van der Waals surface area (Å²) in [7, 11) is 0. The SMILES string of the molecule is Cc1cc(-c2ccc3ccccc3c2O)n(-c2ccccc2)n1. The van der Waals surface area contributed by atoms with Crippen molar-refractivity contribution in [2.45, 2.75) is 6.92 Å². The Morgan fingerprint density at radius 3 is 2.43 bits per heavy atom. The van der Waals surface area contributed by atoms with Crippen LogP contribution in [0.25, 0.3) is 27.7 Å². The number of aryl methyl sites for hydroxylation is 1. The van der Waals surface area contributed by atoms with Crippen molar-refractivity contribution in [2.75, 3.05) is 0 Å². The molecule has 112 valence electrons. The van der Waals surface area contributed by atoms with Gasteiger partial charge >= 0.3 is 0 Å². The largest absolute Gasteiger partial charge is 0.507 e. The molecule has 0 saturated heterocycles. The van der Waals surface area contributed by atoms with Gasteiger partial charge in [0.05, 0.1) is 17.1 Å². The van der Waals surface area contributed by atoms with E-state index in [1.54, 1.807) is 0 Å². The Kier molecular flexibility index (Phi) is 3.12. The van der Waals surface area contributed by atoms with Crippen LogP contribution in [0.1, 0.15) is 5.69 Å². The molecule has 1 N–H and O–H groups in total. The third-order valence-corrected chi connectivity index (χ3v) is 4.01. The zero-order valence-electron chi connectivity index (χ0n) is 12.8. The number of fused-ring (bicyclic) bond motifs is 1. The maximum atomic E-state index is 10.7. The van der Waals surface area contributed by atoms with Crippen LogP contribution in [0.3, 0.4) is 0 Å². The highest BCUT2D eigenvalue weighted by atomic mass is 16.3. The summed E-state index contributed by atoms with van der Waals surface area (Å²) in [4.78, 5) is 0. The van der Waals surface area contributed by atoms with Crippen molar-refractivity contribution >= 4 is 10.8 Å². The zero-order chi connectivity index (χ0) is 15.8. The van der Waals surface area contributed by atoms with Gasteiger partial charge in [0, 0.05) is 10.9 Å². The molecule has 0 aliphatic carbocycles. The first-order chi connectivity index (χ1) is 11.2. The van der Waals surface area contributed by atoms with Crippen molar-refractivity contribution in [1.29, 1.82) is 0 Å². The van der Waals surface area contributed by atoms with Crippen molar-refractivity contribution in [3.05, 3.63) is 78.5 Å². The maximum Gasteiger partial charge on any atom is 0.132 e. The lowest BCUT2D eigenvalue weighted by molar-refractivity contribution is 0.483. The molecular weight excluding hydrogens is 284 g/mol. The lowest BCUT2D eigenvalue weighted by Gasteiger charge is -2.11. The minimum atomic E-state index is 0.292. The number of hydrogen-bond donors (Lipinski definition) is 1. The molecule has 3 aromatic carbocycles. The predicted molar refractivity (Wildman–Crippen MR) is 92.9 cm³/mol. The second-order valence-corrected chi connectivity index (χ2v) is 5.60. The molecular formula is C20H16N2O. The second-order valence-electron chi connectivity index (χ2n) is 5.60. The van der Waals surface area contributed by atoms with Crippen LogP contribution < -0.4 is 0 Å². The monoisotopic (exact) mass is 300 g/mol. The van der Waals surface area contributed by atoms with Crippen LogP contribution in [0.15, 0.2) is 72.8 Å². The van der Waals surface area contributed by atoms with Gasteiger partial charge in [-0.25, -0.2) is 4.68 Å². The predicted octanol–water partition coefficient (Wildman–Crippen LogP) is 4.71. The number of para-hydroxylation sites is 1. The van der Waals surface area contributed by atoms with Gasteiger partial charge in [-0.1, -0.05) is 48.5 Å². The first-order valence-corrected chi connectivity index (χ1v) is 7.57. The van der Waals surface area contributed by atoms with E-state index < -0.39 is 0 Å². The summed E-state index contributed by atoms with van der Waals surface area (Å²) in [5.41, 5.74) is 3.56. The smallest absolute Gasteiger partial charge is 0.132 e. The number of rotatable bonds is 2. The Morgan fingerprint density at radius 2 is 1.61 bits per heavy atom. The molecule has 0 unspecified atom stereocenters. The zero-order valence-corrected chi connectivity index (χ0v) is 12.8. The van der Waals surface area contributed by atoms with E-state index in [0.717, 1.165) is 33.4 Å². The maximum absolute atomic E-state index is 10.7. The van der Waals surface area contributed by atoms with Gasteiger partial charge in [0.15, 0.2) is 0 Å². The van der Waals surface area contributed by atoms with Crippen LogP contribution in [-0.2, 0) is 0 Å². The number of nitrogens with zero attached hydrogens (tertiary/aromatic N) is 2. The second kappa shape index (κ2) is 5.29.